The van der Waals surface area contributed by atoms with Crippen LogP contribution in [0.2, 0.25) is 0 Å². The number of para-hydroxylation sites is 1. The number of piperazine rings is 1. The van der Waals surface area contributed by atoms with E-state index >= 15 is 0 Å². The van der Waals surface area contributed by atoms with Gasteiger partial charge < -0.3 is 9.64 Å². The van der Waals surface area contributed by atoms with Gasteiger partial charge in [0.1, 0.15) is 10.6 Å². The van der Waals surface area contributed by atoms with Crippen LogP contribution in [0.4, 0.5) is 13.2 Å². The second kappa shape index (κ2) is 9.24. The molecule has 11 heteroatoms. The molecule has 0 amide bonds. The summed E-state index contributed by atoms with van der Waals surface area (Å²) in [5, 5.41) is 1.01. The Morgan fingerprint density at radius 3 is 2.48 bits per heavy atom. The normalized spacial score (nSPS) is 16.2. The molecule has 0 unspecified atom stereocenters. The zero-order valence-electron chi connectivity index (χ0n) is 17.9. The number of hydrogen-bond donors (Lipinski definition) is 0. The van der Waals surface area contributed by atoms with Gasteiger partial charge in [-0.3, -0.25) is 9.97 Å². The fraction of sp³-hybridized carbons (Fsp3) is 0.364. The molecule has 0 N–H and O–H groups in total. The number of sulfonamides is 1. The maximum atomic E-state index is 13.0. The first kappa shape index (κ1) is 23.4. The molecule has 0 aliphatic carbocycles. The van der Waals surface area contributed by atoms with Crippen LogP contribution in [-0.4, -0.2) is 66.7 Å². The first-order chi connectivity index (χ1) is 15.6. The highest BCUT2D eigenvalue weighted by atomic mass is 32.2. The second-order valence-corrected chi connectivity index (χ2v) is 9.66. The fourth-order valence-corrected chi connectivity index (χ4v) is 5.39. The number of aromatic nitrogens is 2. The highest BCUT2D eigenvalue weighted by Gasteiger charge is 2.36. The number of hydrogen-bond acceptors (Lipinski definition) is 6. The van der Waals surface area contributed by atoms with E-state index in [1.807, 2.05) is 25.1 Å². The van der Waals surface area contributed by atoms with Crippen molar-refractivity contribution < 1.29 is 26.3 Å². The first-order valence-corrected chi connectivity index (χ1v) is 11.9. The van der Waals surface area contributed by atoms with Crippen LogP contribution in [0.25, 0.3) is 10.9 Å². The van der Waals surface area contributed by atoms with Gasteiger partial charge in [-0.25, -0.2) is 8.42 Å². The molecule has 0 spiro atoms. The third-order valence-corrected chi connectivity index (χ3v) is 7.52. The number of alkyl halides is 3. The van der Waals surface area contributed by atoms with E-state index in [2.05, 4.69) is 19.6 Å². The topological polar surface area (TPSA) is 75.6 Å². The van der Waals surface area contributed by atoms with Gasteiger partial charge in [0, 0.05) is 62.1 Å². The van der Waals surface area contributed by atoms with E-state index < -0.39 is 27.0 Å². The molecule has 7 nitrogen and oxygen atoms in total. The van der Waals surface area contributed by atoms with E-state index in [-0.39, 0.29) is 13.1 Å². The number of rotatable bonds is 6. The van der Waals surface area contributed by atoms with E-state index in [4.69, 9.17) is 0 Å². The van der Waals surface area contributed by atoms with E-state index in [9.17, 15) is 21.6 Å². The molecule has 33 heavy (non-hydrogen) atoms. The molecule has 1 aliphatic heterocycles. The van der Waals surface area contributed by atoms with Crippen molar-refractivity contribution in [3.8, 4) is 5.75 Å². The number of ether oxygens (including phenoxy) is 1. The Morgan fingerprint density at radius 2 is 1.76 bits per heavy atom. The van der Waals surface area contributed by atoms with Crippen molar-refractivity contribution in [1.82, 2.24) is 19.2 Å². The summed E-state index contributed by atoms with van der Waals surface area (Å²) < 4.78 is 69.1. The minimum Gasteiger partial charge on any atom is -0.404 e. The molecule has 2 aromatic heterocycles. The summed E-state index contributed by atoms with van der Waals surface area (Å²) in [5.41, 5.74) is 2.74. The molecule has 0 bridgehead atoms. The summed E-state index contributed by atoms with van der Waals surface area (Å²) in [6, 6.07) is 10.7. The number of fused-ring (bicyclic) bond motifs is 1. The Kier molecular flexibility index (Phi) is 6.55. The molecule has 4 rings (SSSR count). The van der Waals surface area contributed by atoms with Crippen molar-refractivity contribution in [2.45, 2.75) is 24.6 Å². The summed E-state index contributed by atoms with van der Waals surface area (Å²) in [5.74, 6) is -0.722. The Hall–Kier alpha value is -2.76. The molecule has 176 valence electrons. The van der Waals surface area contributed by atoms with E-state index in [0.717, 1.165) is 34.4 Å². The van der Waals surface area contributed by atoms with Gasteiger partial charge in [0.15, 0.2) is 0 Å². The molecule has 1 saturated heterocycles. The molecule has 0 saturated carbocycles. The third kappa shape index (κ3) is 5.43. The Balaban J connectivity index is 1.38. The van der Waals surface area contributed by atoms with Crippen molar-refractivity contribution in [3.63, 3.8) is 0 Å². The second-order valence-electron chi connectivity index (χ2n) is 7.76. The predicted molar refractivity (Wildman–Crippen MR) is 116 cm³/mol. The van der Waals surface area contributed by atoms with Crippen LogP contribution in [0.5, 0.6) is 5.75 Å². The molecule has 3 heterocycles. The number of benzene rings is 1. The van der Waals surface area contributed by atoms with Gasteiger partial charge in [0.25, 0.3) is 0 Å². The van der Waals surface area contributed by atoms with Crippen LogP contribution < -0.4 is 4.74 Å². The minimum atomic E-state index is -4.98. The minimum absolute atomic E-state index is 0.179. The Morgan fingerprint density at radius 1 is 1.03 bits per heavy atom. The zero-order valence-corrected chi connectivity index (χ0v) is 18.7. The lowest BCUT2D eigenvalue weighted by molar-refractivity contribution is -0.275. The largest absolute Gasteiger partial charge is 0.573 e. The summed E-state index contributed by atoms with van der Waals surface area (Å²) in [4.78, 5) is 10.6. The Bertz CT molecular complexity index is 1240. The van der Waals surface area contributed by atoms with Crippen molar-refractivity contribution in [3.05, 3.63) is 60.0 Å². The number of pyridine rings is 2. The lowest BCUT2D eigenvalue weighted by atomic mass is 10.1. The first-order valence-electron chi connectivity index (χ1n) is 10.4. The van der Waals surface area contributed by atoms with Crippen molar-refractivity contribution >= 4 is 20.9 Å². The highest BCUT2D eigenvalue weighted by molar-refractivity contribution is 7.89. The summed E-state index contributed by atoms with van der Waals surface area (Å²) in [6.45, 7) is 3.93. The lowest BCUT2D eigenvalue weighted by Gasteiger charge is -2.34. The van der Waals surface area contributed by atoms with E-state index in [1.165, 1.54) is 16.4 Å². The number of halogens is 3. The summed E-state index contributed by atoms with van der Waals surface area (Å²) in [7, 11) is -4.12. The van der Waals surface area contributed by atoms with Crippen LogP contribution >= 0.6 is 0 Å². The quantitative estimate of drug-likeness (QED) is 0.539. The molecule has 3 aromatic rings. The molecule has 0 radical (unpaired) electrons. The maximum Gasteiger partial charge on any atom is 0.573 e. The Labute approximate surface area is 189 Å². The smallest absolute Gasteiger partial charge is 0.404 e. The van der Waals surface area contributed by atoms with Gasteiger partial charge >= 0.3 is 6.36 Å². The van der Waals surface area contributed by atoms with Crippen LogP contribution in [-0.2, 0) is 16.4 Å². The predicted octanol–water partition coefficient (Wildman–Crippen LogP) is 3.39. The SMILES string of the molecule is Cc1nccc2nc(CCN3CCN(S(=O)(=O)c4ccccc4OC(F)(F)F)CC3)ccc12. The van der Waals surface area contributed by atoms with Crippen molar-refractivity contribution in [2.75, 3.05) is 32.7 Å². The third-order valence-electron chi connectivity index (χ3n) is 5.58. The molecule has 1 aromatic carbocycles. The fourth-order valence-electron chi connectivity index (χ4n) is 3.86. The van der Waals surface area contributed by atoms with Gasteiger partial charge in [0.05, 0.1) is 5.52 Å². The summed E-state index contributed by atoms with van der Waals surface area (Å²) >= 11 is 0. The van der Waals surface area contributed by atoms with Crippen molar-refractivity contribution in [2.24, 2.45) is 0 Å². The van der Waals surface area contributed by atoms with Gasteiger partial charge in [-0.05, 0) is 37.3 Å². The van der Waals surface area contributed by atoms with Crippen LogP contribution in [0.1, 0.15) is 11.4 Å². The monoisotopic (exact) mass is 480 g/mol. The number of aryl methyl sites for hydroxylation is 1. The van der Waals surface area contributed by atoms with E-state index in [1.54, 1.807) is 6.20 Å². The molecular weight excluding hydrogens is 457 g/mol. The van der Waals surface area contributed by atoms with Crippen LogP contribution in [0.15, 0.2) is 53.6 Å². The highest BCUT2D eigenvalue weighted by Crippen LogP contribution is 2.31. The van der Waals surface area contributed by atoms with E-state index in [0.29, 0.717) is 26.1 Å². The average molecular weight is 481 g/mol. The maximum absolute atomic E-state index is 13.0. The average Bonchev–Trinajstić information content (AvgIpc) is 2.77. The molecule has 1 fully saturated rings. The van der Waals surface area contributed by atoms with Gasteiger partial charge in [-0.2, -0.15) is 4.31 Å². The van der Waals surface area contributed by atoms with Gasteiger partial charge in [-0.1, -0.05) is 12.1 Å². The summed E-state index contributed by atoms with van der Waals surface area (Å²) in [6.07, 6.45) is -2.55. The number of nitrogens with zero attached hydrogens (tertiary/aromatic N) is 4. The lowest BCUT2D eigenvalue weighted by Crippen LogP contribution is -2.49. The standard InChI is InChI=1S/C22H23F3N4O3S/c1-16-18-7-6-17(27-19(18)8-10-26-16)9-11-28-12-14-29(15-13-28)33(30,31)21-5-3-2-4-20(21)32-22(23,24)25/h2-8,10H,9,11-15H2,1H3. The van der Waals surface area contributed by atoms with Crippen LogP contribution in [0, 0.1) is 6.92 Å². The zero-order chi connectivity index (χ0) is 23.6. The van der Waals surface area contributed by atoms with Crippen LogP contribution in [0.3, 0.4) is 0 Å². The van der Waals surface area contributed by atoms with Crippen molar-refractivity contribution in [1.29, 1.82) is 0 Å². The van der Waals surface area contributed by atoms with Gasteiger partial charge in [0.2, 0.25) is 10.0 Å². The molecule has 1 aliphatic rings. The molecule has 0 atom stereocenters. The van der Waals surface area contributed by atoms with Gasteiger partial charge in [-0.15, -0.1) is 13.2 Å². The molecular formula is C22H23F3N4O3S.